The van der Waals surface area contributed by atoms with Gasteiger partial charge in [-0.1, -0.05) is 13.8 Å². The zero-order valence-corrected chi connectivity index (χ0v) is 15.4. The van der Waals surface area contributed by atoms with Crippen LogP contribution >= 0.6 is 0 Å². The van der Waals surface area contributed by atoms with E-state index in [9.17, 15) is 5.11 Å². The summed E-state index contributed by atoms with van der Waals surface area (Å²) in [6.45, 7) is 7.49. The fraction of sp³-hybridized carbons (Fsp3) is 0.789. The molecule has 0 aromatic carbocycles. The number of hydrogen-bond donors (Lipinski definition) is 1. The van der Waals surface area contributed by atoms with E-state index < -0.39 is 5.60 Å². The van der Waals surface area contributed by atoms with Gasteiger partial charge < -0.3 is 24.1 Å². The molecule has 5 heteroatoms. The highest BCUT2D eigenvalue weighted by Gasteiger charge is 2.59. The molecule has 4 rings (SSSR count). The number of hydrogen-bond acceptors (Lipinski definition) is 5. The first-order valence-electron chi connectivity index (χ1n) is 8.76. The summed E-state index contributed by atoms with van der Waals surface area (Å²) in [5, 5.41) is 11.6. The molecule has 1 fully saturated rings. The number of methoxy groups -OCH3 is 2. The van der Waals surface area contributed by atoms with Crippen molar-refractivity contribution in [3.05, 3.63) is 23.2 Å². The van der Waals surface area contributed by atoms with Gasteiger partial charge in [0.15, 0.2) is 0 Å². The van der Waals surface area contributed by atoms with E-state index in [0.717, 1.165) is 18.6 Å². The lowest BCUT2D eigenvalue weighted by molar-refractivity contribution is -0.129. The van der Waals surface area contributed by atoms with Crippen molar-refractivity contribution in [3.63, 3.8) is 0 Å². The monoisotopic (exact) mass is 338 g/mol. The Labute approximate surface area is 144 Å². The molecule has 1 saturated carbocycles. The standard InChI is InChI=1S/C19H30O5/c1-12-14-10-19(20,15(17(12)22-5)9-18(14,2)3)16-8-13(6-7-23-16)24-11-21-4/h8,13-15,20H,6-7,9-11H2,1-5H3. The van der Waals surface area contributed by atoms with Gasteiger partial charge in [-0.2, -0.15) is 0 Å². The smallest absolute Gasteiger partial charge is 0.147 e. The molecule has 24 heavy (non-hydrogen) atoms. The number of ether oxygens (including phenoxy) is 4. The maximum Gasteiger partial charge on any atom is 0.147 e. The molecule has 1 N–H and O–H groups in total. The summed E-state index contributed by atoms with van der Waals surface area (Å²) in [5.74, 6) is 1.78. The largest absolute Gasteiger partial charge is 0.501 e. The van der Waals surface area contributed by atoms with Crippen LogP contribution < -0.4 is 0 Å². The van der Waals surface area contributed by atoms with Gasteiger partial charge in [-0.15, -0.1) is 0 Å². The van der Waals surface area contributed by atoms with Crippen LogP contribution in [0.3, 0.4) is 0 Å². The lowest BCUT2D eigenvalue weighted by Gasteiger charge is -2.56. The average molecular weight is 338 g/mol. The van der Waals surface area contributed by atoms with Crippen molar-refractivity contribution in [2.45, 2.75) is 51.7 Å². The van der Waals surface area contributed by atoms with Gasteiger partial charge >= 0.3 is 0 Å². The summed E-state index contributed by atoms with van der Waals surface area (Å²) >= 11 is 0. The Morgan fingerprint density at radius 3 is 2.67 bits per heavy atom. The molecule has 1 heterocycles. The van der Waals surface area contributed by atoms with E-state index in [1.807, 2.05) is 6.08 Å². The number of fused-ring (bicyclic) bond motifs is 2. The van der Waals surface area contributed by atoms with Crippen LogP contribution in [0.1, 0.15) is 40.0 Å². The van der Waals surface area contributed by atoms with Crippen molar-refractivity contribution in [3.8, 4) is 0 Å². The van der Waals surface area contributed by atoms with Gasteiger partial charge in [0.05, 0.1) is 25.7 Å². The summed E-state index contributed by atoms with van der Waals surface area (Å²) in [5.41, 5.74) is 0.414. The van der Waals surface area contributed by atoms with Crippen molar-refractivity contribution in [2.75, 3.05) is 27.6 Å². The van der Waals surface area contributed by atoms with Gasteiger partial charge in [0.25, 0.3) is 0 Å². The third-order valence-electron chi connectivity index (χ3n) is 6.04. The predicted molar refractivity (Wildman–Crippen MR) is 90.1 cm³/mol. The van der Waals surface area contributed by atoms with E-state index in [-0.39, 0.29) is 30.1 Å². The summed E-state index contributed by atoms with van der Waals surface area (Å²) in [7, 11) is 3.31. The molecular weight excluding hydrogens is 308 g/mol. The first kappa shape index (κ1) is 17.8. The van der Waals surface area contributed by atoms with Crippen molar-refractivity contribution < 1.29 is 24.1 Å². The highest BCUT2D eigenvalue weighted by Crippen LogP contribution is 2.60. The SMILES string of the molecule is COCOC1C=C(C2(O)CC3C(C)=C(OC)C2CC3(C)C)OCC1. The Kier molecular flexibility index (Phi) is 4.71. The van der Waals surface area contributed by atoms with Crippen molar-refractivity contribution in [1.29, 1.82) is 0 Å². The number of rotatable bonds is 5. The molecule has 0 saturated heterocycles. The zero-order valence-electron chi connectivity index (χ0n) is 15.4. The minimum absolute atomic E-state index is 0.0741. The zero-order chi connectivity index (χ0) is 17.5. The predicted octanol–water partition coefficient (Wildman–Crippen LogP) is 3.00. The highest BCUT2D eigenvalue weighted by molar-refractivity contribution is 5.34. The third kappa shape index (κ3) is 2.76. The molecule has 1 aliphatic heterocycles. The van der Waals surface area contributed by atoms with Crippen LogP contribution in [0.25, 0.3) is 0 Å². The Hall–Kier alpha value is -1.04. The molecule has 0 radical (unpaired) electrons. The maximum atomic E-state index is 11.6. The molecule has 4 aliphatic rings. The average Bonchev–Trinajstić information content (AvgIpc) is 2.55. The van der Waals surface area contributed by atoms with Gasteiger partial charge in [-0.05, 0) is 42.7 Å². The van der Waals surface area contributed by atoms with E-state index in [1.54, 1.807) is 14.2 Å². The fourth-order valence-electron chi connectivity index (χ4n) is 4.78. The first-order valence-corrected chi connectivity index (χ1v) is 8.76. The molecule has 0 spiro atoms. The van der Waals surface area contributed by atoms with Crippen LogP contribution in [0.4, 0.5) is 0 Å². The minimum Gasteiger partial charge on any atom is -0.501 e. The Bertz CT molecular complexity index is 550. The molecule has 0 amide bonds. The molecule has 136 valence electrons. The number of allylic oxidation sites excluding steroid dienone is 1. The van der Waals surface area contributed by atoms with Crippen molar-refractivity contribution in [2.24, 2.45) is 17.3 Å². The molecule has 2 bridgehead atoms. The van der Waals surface area contributed by atoms with Gasteiger partial charge in [-0.25, -0.2) is 0 Å². The van der Waals surface area contributed by atoms with Crippen LogP contribution in [0.2, 0.25) is 0 Å². The molecular formula is C19H30O5. The van der Waals surface area contributed by atoms with Gasteiger partial charge in [0, 0.05) is 13.5 Å². The maximum absolute atomic E-state index is 11.6. The highest BCUT2D eigenvalue weighted by atomic mass is 16.7. The van der Waals surface area contributed by atoms with E-state index in [1.165, 1.54) is 5.57 Å². The van der Waals surface area contributed by atoms with Crippen LogP contribution in [0, 0.1) is 17.3 Å². The third-order valence-corrected chi connectivity index (χ3v) is 6.04. The molecule has 5 nitrogen and oxygen atoms in total. The molecule has 4 atom stereocenters. The first-order chi connectivity index (χ1) is 11.3. The second kappa shape index (κ2) is 6.36. The molecule has 3 aliphatic carbocycles. The van der Waals surface area contributed by atoms with Crippen molar-refractivity contribution in [1.82, 2.24) is 0 Å². The van der Waals surface area contributed by atoms with E-state index in [0.29, 0.717) is 18.8 Å². The lowest BCUT2D eigenvalue weighted by Crippen LogP contribution is -2.56. The van der Waals surface area contributed by atoms with Crippen LogP contribution in [-0.2, 0) is 18.9 Å². The van der Waals surface area contributed by atoms with Crippen LogP contribution in [0.15, 0.2) is 23.2 Å². The Balaban J connectivity index is 1.92. The van der Waals surface area contributed by atoms with Gasteiger partial charge in [0.2, 0.25) is 0 Å². The molecule has 0 aromatic heterocycles. The number of aliphatic hydroxyl groups is 1. The van der Waals surface area contributed by atoms with Gasteiger partial charge in [0.1, 0.15) is 23.9 Å². The quantitative estimate of drug-likeness (QED) is 0.781. The topological polar surface area (TPSA) is 57.2 Å². The molecule has 4 unspecified atom stereocenters. The lowest BCUT2D eigenvalue weighted by atomic mass is 9.52. The Morgan fingerprint density at radius 1 is 1.25 bits per heavy atom. The second-order valence-corrected chi connectivity index (χ2v) is 7.96. The normalized spacial score (nSPS) is 37.9. The summed E-state index contributed by atoms with van der Waals surface area (Å²) in [6.07, 6.45) is 4.18. The summed E-state index contributed by atoms with van der Waals surface area (Å²) in [6, 6.07) is 0. The van der Waals surface area contributed by atoms with Crippen LogP contribution in [0.5, 0.6) is 0 Å². The second-order valence-electron chi connectivity index (χ2n) is 7.96. The summed E-state index contributed by atoms with van der Waals surface area (Å²) < 4.78 is 22.2. The van der Waals surface area contributed by atoms with Gasteiger partial charge in [-0.3, -0.25) is 0 Å². The summed E-state index contributed by atoms with van der Waals surface area (Å²) in [4.78, 5) is 0. The molecule has 0 aromatic rings. The van der Waals surface area contributed by atoms with E-state index >= 15 is 0 Å². The Morgan fingerprint density at radius 2 is 2.00 bits per heavy atom. The van der Waals surface area contributed by atoms with Crippen molar-refractivity contribution >= 4 is 0 Å². The fourth-order valence-corrected chi connectivity index (χ4v) is 4.78. The minimum atomic E-state index is -1.01. The van der Waals surface area contributed by atoms with E-state index in [4.69, 9.17) is 18.9 Å². The van der Waals surface area contributed by atoms with E-state index in [2.05, 4.69) is 20.8 Å². The van der Waals surface area contributed by atoms with Crippen LogP contribution in [-0.4, -0.2) is 44.4 Å².